The van der Waals surface area contributed by atoms with Crippen LogP contribution in [0.4, 0.5) is 17.7 Å². The second kappa shape index (κ2) is 7.74. The third-order valence-corrected chi connectivity index (χ3v) is 6.14. The van der Waals surface area contributed by atoms with Gasteiger partial charge in [-0.1, -0.05) is 42.5 Å². The molecule has 0 atom stereocenters. The lowest BCUT2D eigenvalue weighted by atomic mass is 10.1. The number of rotatable bonds is 5. The van der Waals surface area contributed by atoms with Crippen molar-refractivity contribution in [2.45, 2.75) is 18.4 Å². The quantitative estimate of drug-likeness (QED) is 0.486. The van der Waals surface area contributed by atoms with Crippen LogP contribution < -0.4 is 15.5 Å². The van der Waals surface area contributed by atoms with Crippen LogP contribution in [-0.2, 0) is 4.79 Å². The lowest BCUT2D eigenvalue weighted by molar-refractivity contribution is -0.124. The van der Waals surface area contributed by atoms with E-state index in [9.17, 15) is 4.79 Å². The minimum atomic E-state index is -0.481. The molecule has 2 N–H and O–H groups in total. The Morgan fingerprint density at radius 2 is 1.85 bits per heavy atom. The van der Waals surface area contributed by atoms with Gasteiger partial charge in [0.15, 0.2) is 5.76 Å². The molecule has 2 fully saturated rings. The number of amides is 1. The number of carbonyl (C=O) groups is 1. The summed E-state index contributed by atoms with van der Waals surface area (Å²) in [5.74, 6) is 1.23. The molecule has 8 heteroatoms. The van der Waals surface area contributed by atoms with Gasteiger partial charge in [-0.25, -0.2) is 15.0 Å². The molecule has 3 heterocycles. The molecule has 1 spiro atoms. The normalized spacial score (nSPS) is 16.5. The molecule has 1 saturated heterocycles. The predicted molar refractivity (Wildman–Crippen MR) is 125 cm³/mol. The molecule has 1 aliphatic heterocycles. The van der Waals surface area contributed by atoms with Gasteiger partial charge in [-0.05, 0) is 31.0 Å². The van der Waals surface area contributed by atoms with Crippen molar-refractivity contribution in [3.05, 3.63) is 73.1 Å². The van der Waals surface area contributed by atoms with Gasteiger partial charge in [0.05, 0.1) is 11.9 Å². The van der Waals surface area contributed by atoms with Crippen LogP contribution in [0.15, 0.2) is 77.5 Å². The minimum Gasteiger partial charge on any atom is -0.423 e. The smallest absolute Gasteiger partial charge is 0.298 e. The molecule has 33 heavy (non-hydrogen) atoms. The number of aromatic nitrogens is 3. The Balaban J connectivity index is 1.23. The van der Waals surface area contributed by atoms with Gasteiger partial charge in [-0.2, -0.15) is 0 Å². The van der Waals surface area contributed by atoms with E-state index in [2.05, 4.69) is 25.6 Å². The minimum absolute atomic E-state index is 0.0671. The number of benzene rings is 2. The highest BCUT2D eigenvalue weighted by atomic mass is 16.4. The van der Waals surface area contributed by atoms with Crippen molar-refractivity contribution >= 4 is 23.6 Å². The van der Waals surface area contributed by atoms with Gasteiger partial charge in [0.25, 0.3) is 6.01 Å². The van der Waals surface area contributed by atoms with Crippen LogP contribution >= 0.6 is 0 Å². The summed E-state index contributed by atoms with van der Waals surface area (Å²) < 4.78 is 6.09. The molecule has 4 aromatic rings. The monoisotopic (exact) mass is 438 g/mol. The van der Waals surface area contributed by atoms with Crippen molar-refractivity contribution in [2.24, 2.45) is 0 Å². The second-order valence-electron chi connectivity index (χ2n) is 8.28. The molecule has 1 aliphatic carbocycles. The molecule has 0 radical (unpaired) electrons. The van der Waals surface area contributed by atoms with Crippen LogP contribution in [-0.4, -0.2) is 39.5 Å². The number of anilines is 3. The number of hydrogen-bond donors (Lipinski definition) is 2. The molecule has 2 aromatic heterocycles. The van der Waals surface area contributed by atoms with Crippen molar-refractivity contribution < 1.29 is 9.21 Å². The van der Waals surface area contributed by atoms with E-state index in [4.69, 9.17) is 4.42 Å². The highest BCUT2D eigenvalue weighted by Gasteiger charge is 2.57. The molecule has 1 saturated carbocycles. The zero-order valence-corrected chi connectivity index (χ0v) is 17.9. The number of hydrogen-bond acceptors (Lipinski definition) is 7. The third-order valence-electron chi connectivity index (χ3n) is 6.14. The summed E-state index contributed by atoms with van der Waals surface area (Å²) in [7, 11) is 0. The Morgan fingerprint density at radius 3 is 2.70 bits per heavy atom. The van der Waals surface area contributed by atoms with Gasteiger partial charge in [-0.15, -0.1) is 0 Å². The molecule has 6 rings (SSSR count). The Hall–Kier alpha value is -4.20. The average molecular weight is 438 g/mol. The van der Waals surface area contributed by atoms with E-state index in [0.29, 0.717) is 30.8 Å². The Kier molecular flexibility index (Phi) is 4.57. The first-order chi connectivity index (χ1) is 16.2. The van der Waals surface area contributed by atoms with Gasteiger partial charge in [-0.3, -0.25) is 4.79 Å². The van der Waals surface area contributed by atoms with E-state index in [1.807, 2.05) is 65.6 Å². The first-order valence-corrected chi connectivity index (χ1v) is 11.0. The largest absolute Gasteiger partial charge is 0.423 e. The lowest BCUT2D eigenvalue weighted by Crippen LogP contribution is -2.57. The Bertz CT molecular complexity index is 1320. The predicted octanol–water partition coefficient (Wildman–Crippen LogP) is 4.01. The van der Waals surface area contributed by atoms with E-state index in [1.54, 1.807) is 12.4 Å². The molecule has 0 bridgehead atoms. The highest BCUT2D eigenvalue weighted by Crippen LogP contribution is 2.45. The van der Waals surface area contributed by atoms with Crippen LogP contribution in [0.2, 0.25) is 0 Å². The molecule has 2 aromatic carbocycles. The van der Waals surface area contributed by atoms with Crippen LogP contribution in [0, 0.1) is 0 Å². The summed E-state index contributed by atoms with van der Waals surface area (Å²) in [5.41, 5.74) is 3.12. The molecule has 164 valence electrons. The summed E-state index contributed by atoms with van der Waals surface area (Å²) in [6.45, 7) is 1.29. The van der Waals surface area contributed by atoms with Crippen molar-refractivity contribution in [1.82, 2.24) is 20.3 Å². The van der Waals surface area contributed by atoms with Gasteiger partial charge in [0.2, 0.25) is 11.9 Å². The van der Waals surface area contributed by atoms with Crippen LogP contribution in [0.1, 0.15) is 12.8 Å². The van der Waals surface area contributed by atoms with Crippen LogP contribution in [0.25, 0.3) is 22.6 Å². The SMILES string of the molecule is O=C1NCCN(c2ncc(-c3cccc(Nc4nccc(-c5ccccc5)n4)c3)o2)C12CC2. The van der Waals surface area contributed by atoms with E-state index in [1.165, 1.54) is 0 Å². The molecule has 1 amide bonds. The fourth-order valence-electron chi connectivity index (χ4n) is 4.27. The number of piperazine rings is 1. The van der Waals surface area contributed by atoms with Crippen molar-refractivity contribution in [1.29, 1.82) is 0 Å². The number of nitrogens with zero attached hydrogens (tertiary/aromatic N) is 4. The van der Waals surface area contributed by atoms with Crippen LogP contribution in [0.5, 0.6) is 0 Å². The number of oxazole rings is 1. The second-order valence-corrected chi connectivity index (χ2v) is 8.28. The zero-order valence-electron chi connectivity index (χ0n) is 17.9. The average Bonchev–Trinajstić information content (AvgIpc) is 3.49. The van der Waals surface area contributed by atoms with Crippen molar-refractivity contribution in [2.75, 3.05) is 23.3 Å². The standard InChI is InChI=1S/C25H22N6O2/c32-22-25(10-11-25)31(14-13-26-22)24-28-16-21(33-24)18-7-4-8-19(15-18)29-23-27-12-9-20(30-23)17-5-2-1-3-6-17/h1-9,12,15-16H,10-11,13-14H2,(H,26,32)(H,27,29,30). The molecule has 0 unspecified atom stereocenters. The fourth-order valence-corrected chi connectivity index (χ4v) is 4.27. The maximum Gasteiger partial charge on any atom is 0.298 e. The molecular formula is C25H22N6O2. The first kappa shape index (κ1) is 19.5. The summed E-state index contributed by atoms with van der Waals surface area (Å²) in [6, 6.07) is 20.2. The topological polar surface area (TPSA) is 96.2 Å². The first-order valence-electron chi connectivity index (χ1n) is 11.0. The van der Waals surface area contributed by atoms with Gasteiger partial charge in [0, 0.05) is 36.1 Å². The summed E-state index contributed by atoms with van der Waals surface area (Å²) in [4.78, 5) is 27.8. The fraction of sp³-hybridized carbons (Fsp3) is 0.200. The maximum absolute atomic E-state index is 12.3. The Morgan fingerprint density at radius 1 is 1.00 bits per heavy atom. The third kappa shape index (κ3) is 3.59. The zero-order chi connectivity index (χ0) is 22.3. The summed E-state index contributed by atoms with van der Waals surface area (Å²) >= 11 is 0. The van der Waals surface area contributed by atoms with Crippen molar-refractivity contribution in [3.63, 3.8) is 0 Å². The van der Waals surface area contributed by atoms with Crippen LogP contribution in [0.3, 0.4) is 0 Å². The van der Waals surface area contributed by atoms with Gasteiger partial charge in [0.1, 0.15) is 5.54 Å². The van der Waals surface area contributed by atoms with Crippen molar-refractivity contribution in [3.8, 4) is 22.6 Å². The summed E-state index contributed by atoms with van der Waals surface area (Å²) in [6.07, 6.45) is 5.12. The molecule has 2 aliphatic rings. The number of nitrogens with one attached hydrogen (secondary N) is 2. The van der Waals surface area contributed by atoms with E-state index in [0.717, 1.165) is 35.3 Å². The summed E-state index contributed by atoms with van der Waals surface area (Å²) in [5, 5.41) is 6.22. The molecular weight excluding hydrogens is 416 g/mol. The maximum atomic E-state index is 12.3. The van der Waals surface area contributed by atoms with E-state index in [-0.39, 0.29) is 5.91 Å². The van der Waals surface area contributed by atoms with Gasteiger partial charge >= 0.3 is 0 Å². The number of carbonyl (C=O) groups excluding carboxylic acids is 1. The molecule has 8 nitrogen and oxygen atoms in total. The van der Waals surface area contributed by atoms with Gasteiger partial charge < -0.3 is 20.0 Å². The van der Waals surface area contributed by atoms with E-state index >= 15 is 0 Å². The highest BCUT2D eigenvalue weighted by molar-refractivity contribution is 5.93. The lowest BCUT2D eigenvalue weighted by Gasteiger charge is -2.34. The Labute approximate surface area is 190 Å². The van der Waals surface area contributed by atoms with E-state index < -0.39 is 5.54 Å².